The highest BCUT2D eigenvalue weighted by atomic mass is 79.9. The van der Waals surface area contributed by atoms with E-state index >= 15 is 0 Å². The summed E-state index contributed by atoms with van der Waals surface area (Å²) in [5.41, 5.74) is 4.48. The Balaban J connectivity index is 3.41. The van der Waals surface area contributed by atoms with Crippen LogP contribution in [-0.2, 0) is 0 Å². The third kappa shape index (κ3) is 2.09. The Kier molecular flexibility index (Phi) is 3.54. The molecule has 0 bridgehead atoms. The van der Waals surface area contributed by atoms with Crippen molar-refractivity contribution < 1.29 is 13.6 Å². The van der Waals surface area contributed by atoms with Gasteiger partial charge in [0, 0.05) is 10.7 Å². The predicted molar refractivity (Wildman–Crippen MR) is 53.1 cm³/mol. The Labute approximate surface area is 94.9 Å². The summed E-state index contributed by atoms with van der Waals surface area (Å²) in [7, 11) is 0. The van der Waals surface area contributed by atoms with Crippen molar-refractivity contribution in [3.05, 3.63) is 26.4 Å². The van der Waals surface area contributed by atoms with Crippen LogP contribution >= 0.6 is 31.9 Å². The lowest BCUT2D eigenvalue weighted by Crippen LogP contribution is -2.14. The van der Waals surface area contributed by atoms with Crippen LogP contribution in [0.4, 0.5) is 8.78 Å². The van der Waals surface area contributed by atoms with E-state index in [0.717, 1.165) is 6.20 Å². The second-order valence-electron chi connectivity index (χ2n) is 2.35. The van der Waals surface area contributed by atoms with Crippen molar-refractivity contribution in [2.75, 3.05) is 0 Å². The lowest BCUT2D eigenvalue weighted by Gasteiger charge is -2.07. The Bertz CT molecular complexity index is 384. The van der Waals surface area contributed by atoms with Crippen LogP contribution in [0.5, 0.6) is 0 Å². The number of aromatic nitrogens is 1. The van der Waals surface area contributed by atoms with Gasteiger partial charge in [0.15, 0.2) is 0 Å². The zero-order valence-electron chi connectivity index (χ0n) is 6.60. The number of amides is 1. The molecule has 1 aromatic rings. The summed E-state index contributed by atoms with van der Waals surface area (Å²) in [4.78, 5) is 14.4. The van der Waals surface area contributed by atoms with Crippen molar-refractivity contribution in [2.45, 2.75) is 6.43 Å². The molecule has 14 heavy (non-hydrogen) atoms. The van der Waals surface area contributed by atoms with E-state index in [0.29, 0.717) is 0 Å². The number of nitrogens with two attached hydrogens (primary N) is 1. The number of halogens is 4. The fourth-order valence-corrected chi connectivity index (χ4v) is 2.30. The molecule has 3 nitrogen and oxygen atoms in total. The molecule has 1 aromatic heterocycles. The Morgan fingerprint density at radius 2 is 2.07 bits per heavy atom. The molecule has 0 atom stereocenters. The summed E-state index contributed by atoms with van der Waals surface area (Å²) < 4.78 is 24.9. The first-order chi connectivity index (χ1) is 6.45. The highest BCUT2D eigenvalue weighted by molar-refractivity contribution is 9.11. The predicted octanol–water partition coefficient (Wildman–Crippen LogP) is 2.64. The van der Waals surface area contributed by atoms with Gasteiger partial charge in [0.25, 0.3) is 12.3 Å². The first kappa shape index (κ1) is 11.5. The number of nitrogens with zero attached hydrogens (tertiary/aromatic N) is 1. The molecule has 7 heteroatoms. The smallest absolute Gasteiger partial charge is 0.281 e. The second kappa shape index (κ2) is 4.31. The summed E-state index contributed by atoms with van der Waals surface area (Å²) in [6, 6.07) is 0. The molecule has 0 spiro atoms. The van der Waals surface area contributed by atoms with E-state index in [1.807, 2.05) is 0 Å². The van der Waals surface area contributed by atoms with Crippen molar-refractivity contribution in [3.63, 3.8) is 0 Å². The number of carbonyl (C=O) groups excluding carboxylic acids is 1. The van der Waals surface area contributed by atoms with Gasteiger partial charge in [-0.05, 0) is 31.9 Å². The van der Waals surface area contributed by atoms with Crippen LogP contribution < -0.4 is 5.73 Å². The molecule has 1 rings (SSSR count). The third-order valence-electron chi connectivity index (χ3n) is 1.45. The minimum Gasteiger partial charge on any atom is -0.366 e. The first-order valence-electron chi connectivity index (χ1n) is 3.37. The van der Waals surface area contributed by atoms with Gasteiger partial charge in [-0.3, -0.25) is 9.78 Å². The number of pyridine rings is 1. The van der Waals surface area contributed by atoms with E-state index in [1.165, 1.54) is 0 Å². The van der Waals surface area contributed by atoms with Crippen LogP contribution in [0.15, 0.2) is 15.1 Å². The van der Waals surface area contributed by atoms with Gasteiger partial charge in [-0.25, -0.2) is 8.78 Å². The van der Waals surface area contributed by atoms with Gasteiger partial charge in [0.05, 0.1) is 10.0 Å². The van der Waals surface area contributed by atoms with E-state index in [2.05, 4.69) is 36.8 Å². The summed E-state index contributed by atoms with van der Waals surface area (Å²) in [5, 5.41) is 0. The van der Waals surface area contributed by atoms with E-state index < -0.39 is 18.0 Å². The van der Waals surface area contributed by atoms with Crippen molar-refractivity contribution in [3.8, 4) is 0 Å². The molecule has 0 unspecified atom stereocenters. The molecule has 1 heterocycles. The highest BCUT2D eigenvalue weighted by Gasteiger charge is 2.20. The van der Waals surface area contributed by atoms with Crippen molar-refractivity contribution in [2.24, 2.45) is 5.73 Å². The molecule has 0 aliphatic rings. The van der Waals surface area contributed by atoms with Gasteiger partial charge in [-0.2, -0.15) is 0 Å². The molecule has 0 aromatic carbocycles. The molecular weight excluding hydrogens is 326 g/mol. The number of primary amides is 1. The van der Waals surface area contributed by atoms with Gasteiger partial charge in [-0.1, -0.05) is 0 Å². The lowest BCUT2D eigenvalue weighted by atomic mass is 10.2. The van der Waals surface area contributed by atoms with Crippen LogP contribution in [-0.4, -0.2) is 10.9 Å². The van der Waals surface area contributed by atoms with E-state index in [9.17, 15) is 13.6 Å². The standard InChI is InChI=1S/C7H4Br2F2N2O/c8-2-1-13-5(6(10)11)4(9)3(2)7(12)14/h1,6H,(H2,12,14). The van der Waals surface area contributed by atoms with Crippen LogP contribution in [0.3, 0.4) is 0 Å². The normalized spacial score (nSPS) is 10.6. The molecule has 0 saturated carbocycles. The minimum atomic E-state index is -2.75. The molecule has 0 aliphatic heterocycles. The van der Waals surface area contributed by atoms with Crippen molar-refractivity contribution in [1.29, 1.82) is 0 Å². The summed E-state index contributed by atoms with van der Waals surface area (Å²) in [6.07, 6.45) is -1.64. The summed E-state index contributed by atoms with van der Waals surface area (Å²) in [6.45, 7) is 0. The molecule has 0 saturated heterocycles. The molecule has 0 fully saturated rings. The van der Waals surface area contributed by atoms with Crippen LogP contribution in [0.2, 0.25) is 0 Å². The maximum absolute atomic E-state index is 12.3. The second-order valence-corrected chi connectivity index (χ2v) is 3.99. The van der Waals surface area contributed by atoms with Gasteiger partial charge < -0.3 is 5.73 Å². The number of rotatable bonds is 2. The number of carbonyl (C=O) groups is 1. The van der Waals surface area contributed by atoms with Crippen molar-refractivity contribution in [1.82, 2.24) is 4.98 Å². The Morgan fingerprint density at radius 1 is 1.50 bits per heavy atom. The van der Waals surface area contributed by atoms with E-state index in [1.54, 1.807) is 0 Å². The molecule has 0 radical (unpaired) electrons. The van der Waals surface area contributed by atoms with E-state index in [-0.39, 0.29) is 14.5 Å². The molecular formula is C7H4Br2F2N2O. The Morgan fingerprint density at radius 3 is 2.50 bits per heavy atom. The van der Waals surface area contributed by atoms with Crippen LogP contribution in [0.25, 0.3) is 0 Å². The van der Waals surface area contributed by atoms with Gasteiger partial charge in [0.2, 0.25) is 0 Å². The monoisotopic (exact) mass is 328 g/mol. The van der Waals surface area contributed by atoms with Gasteiger partial charge in [0.1, 0.15) is 5.69 Å². The summed E-state index contributed by atoms with van der Waals surface area (Å²) in [5.74, 6) is -0.798. The molecule has 2 N–H and O–H groups in total. The first-order valence-corrected chi connectivity index (χ1v) is 4.95. The fraction of sp³-hybridized carbons (Fsp3) is 0.143. The van der Waals surface area contributed by atoms with Crippen LogP contribution in [0, 0.1) is 0 Å². The van der Waals surface area contributed by atoms with Crippen LogP contribution in [0.1, 0.15) is 22.5 Å². The SMILES string of the molecule is NC(=O)c1c(Br)cnc(C(F)F)c1Br. The highest BCUT2D eigenvalue weighted by Crippen LogP contribution is 2.31. The number of hydrogen-bond donors (Lipinski definition) is 1. The Hall–Kier alpha value is -0.560. The van der Waals surface area contributed by atoms with E-state index in [4.69, 9.17) is 5.73 Å². The molecule has 1 amide bonds. The third-order valence-corrected chi connectivity index (χ3v) is 2.86. The maximum Gasteiger partial charge on any atom is 0.281 e. The van der Waals surface area contributed by atoms with Gasteiger partial charge in [-0.15, -0.1) is 0 Å². The zero-order chi connectivity index (χ0) is 10.9. The minimum absolute atomic E-state index is 0.0321. The molecule has 76 valence electrons. The average molecular weight is 330 g/mol. The van der Waals surface area contributed by atoms with Crippen molar-refractivity contribution >= 4 is 37.8 Å². The number of alkyl halides is 2. The molecule has 0 aliphatic carbocycles. The quantitative estimate of drug-likeness (QED) is 0.906. The summed E-state index contributed by atoms with van der Waals surface area (Å²) >= 11 is 5.85. The number of hydrogen-bond acceptors (Lipinski definition) is 2. The lowest BCUT2D eigenvalue weighted by molar-refractivity contribution is 0.0997. The largest absolute Gasteiger partial charge is 0.366 e. The van der Waals surface area contributed by atoms with Gasteiger partial charge >= 0.3 is 0 Å². The maximum atomic E-state index is 12.3. The fourth-order valence-electron chi connectivity index (χ4n) is 0.858. The topological polar surface area (TPSA) is 56.0 Å². The average Bonchev–Trinajstić information content (AvgIpc) is 2.02. The zero-order valence-corrected chi connectivity index (χ0v) is 9.77.